The minimum absolute atomic E-state index is 0.0196. The minimum atomic E-state index is -4.05. The van der Waals surface area contributed by atoms with Crippen LogP contribution in [-0.2, 0) is 40.0 Å². The Labute approximate surface area is 313 Å². The fraction of sp³-hybridized carbons (Fsp3) is 0.583. The number of halogens is 1. The van der Waals surface area contributed by atoms with E-state index in [4.69, 9.17) is 25.4 Å². The number of amides is 3. The molecule has 281 valence electrons. The van der Waals surface area contributed by atoms with Crippen molar-refractivity contribution in [1.82, 2.24) is 14.6 Å². The van der Waals surface area contributed by atoms with Crippen molar-refractivity contribution in [2.24, 2.45) is 5.92 Å². The second-order valence-electron chi connectivity index (χ2n) is 13.2. The normalized spacial score (nSPS) is 17.0. The van der Waals surface area contributed by atoms with Crippen LogP contribution in [0.2, 0.25) is 11.1 Å². The fourth-order valence-corrected chi connectivity index (χ4v) is 12.5. The first-order valence-electron chi connectivity index (χ1n) is 17.9. The van der Waals surface area contributed by atoms with Crippen LogP contribution in [0.4, 0.5) is 4.79 Å². The van der Waals surface area contributed by atoms with Gasteiger partial charge < -0.3 is 28.8 Å². The van der Waals surface area contributed by atoms with E-state index in [0.29, 0.717) is 37.3 Å². The number of carbonyl (C=O) groups is 3. The maximum absolute atomic E-state index is 14.1. The summed E-state index contributed by atoms with van der Waals surface area (Å²) < 4.78 is 33.3. The monoisotopic (exact) mass is 780 g/mol. The van der Waals surface area contributed by atoms with Crippen LogP contribution >= 0.6 is 31.1 Å². The minimum Gasteiger partial charge on any atom is -0.437 e. The SMILES string of the molecule is CCOP(=O)(OCC)C(O)[Si](CCC(=O)N(C)CCc1ccccc1)NC(=O)[C@H](CC1CCCCC1)SNC(=O)OC1(c2cccc(Cl)c2)CC1. The van der Waals surface area contributed by atoms with Crippen LogP contribution in [-0.4, -0.2) is 74.4 Å². The van der Waals surface area contributed by atoms with E-state index in [0.717, 1.165) is 55.2 Å². The van der Waals surface area contributed by atoms with E-state index in [1.54, 1.807) is 37.9 Å². The molecule has 15 heteroatoms. The maximum atomic E-state index is 14.1. The Morgan fingerprint density at radius 1 is 1.06 bits per heavy atom. The second kappa shape index (κ2) is 20.2. The van der Waals surface area contributed by atoms with Crippen LogP contribution in [0.5, 0.6) is 0 Å². The van der Waals surface area contributed by atoms with Crippen molar-refractivity contribution < 1.29 is 37.8 Å². The Morgan fingerprint density at radius 3 is 2.37 bits per heavy atom. The molecule has 0 spiro atoms. The average molecular weight is 781 g/mol. The number of aliphatic hydroxyl groups excluding tert-OH is 1. The highest BCUT2D eigenvalue weighted by atomic mass is 35.5. The molecule has 2 aliphatic rings. The van der Waals surface area contributed by atoms with E-state index in [2.05, 4.69) is 9.70 Å². The van der Waals surface area contributed by atoms with Crippen LogP contribution in [0, 0.1) is 5.92 Å². The van der Waals surface area contributed by atoms with Gasteiger partial charge in [-0.25, -0.2) is 4.79 Å². The highest BCUT2D eigenvalue weighted by Crippen LogP contribution is 2.53. The number of likely N-dealkylation sites (N-methyl/N-ethyl adjacent to an activating group) is 1. The molecular weight excluding hydrogens is 729 g/mol. The molecule has 51 heavy (non-hydrogen) atoms. The summed E-state index contributed by atoms with van der Waals surface area (Å²) in [4.78, 5) is 45.0. The standard InChI is InChI=1S/C36H52ClN3O8PSSi/c1-4-46-49(45,47-5-2)35(44)51(24-20-32(41)40(3)23-19-27-13-8-6-9-14-27)39-33(42)31(25-28-15-10-7-11-16-28)50-38-34(43)48-36(21-22-36)29-17-12-18-30(37)26-29/h6,8-9,12-14,17-18,26,28,31,35,44H,4-5,7,10-11,15-16,19-25H2,1-3H3,(H,38,43)(H,39,42)/t31-,35?/m0/s1. The molecule has 0 aromatic heterocycles. The van der Waals surface area contributed by atoms with Crippen LogP contribution < -0.4 is 9.70 Å². The van der Waals surface area contributed by atoms with Gasteiger partial charge in [0, 0.05) is 25.0 Å². The van der Waals surface area contributed by atoms with Crippen molar-refractivity contribution in [3.8, 4) is 0 Å². The molecule has 2 aliphatic carbocycles. The molecule has 2 atom stereocenters. The van der Waals surface area contributed by atoms with Crippen molar-refractivity contribution in [3.63, 3.8) is 0 Å². The van der Waals surface area contributed by atoms with Gasteiger partial charge in [0.15, 0.2) is 5.47 Å². The summed E-state index contributed by atoms with van der Waals surface area (Å²) in [5.74, 6) is -0.303. The summed E-state index contributed by atoms with van der Waals surface area (Å²) in [7, 11) is -4.80. The number of rotatable bonds is 20. The Morgan fingerprint density at radius 2 is 1.75 bits per heavy atom. The van der Waals surface area contributed by atoms with Crippen molar-refractivity contribution in [3.05, 3.63) is 70.7 Å². The molecule has 0 heterocycles. The predicted octanol–water partition coefficient (Wildman–Crippen LogP) is 7.37. The lowest BCUT2D eigenvalue weighted by molar-refractivity contribution is -0.129. The number of nitrogens with zero attached hydrogens (tertiary/aromatic N) is 1. The number of aliphatic hydroxyl groups is 1. The first-order valence-corrected chi connectivity index (χ1v) is 22.6. The summed E-state index contributed by atoms with van der Waals surface area (Å²) in [6.07, 6.45) is 7.10. The summed E-state index contributed by atoms with van der Waals surface area (Å²) in [6.45, 7) is 3.85. The average Bonchev–Trinajstić information content (AvgIpc) is 3.91. The van der Waals surface area contributed by atoms with Gasteiger partial charge in [-0.3, -0.25) is 18.9 Å². The summed E-state index contributed by atoms with van der Waals surface area (Å²) >= 11 is 7.17. The van der Waals surface area contributed by atoms with Crippen LogP contribution in [0.1, 0.15) is 82.8 Å². The molecule has 2 fully saturated rings. The molecule has 0 bridgehead atoms. The van der Waals surface area contributed by atoms with Crippen molar-refractivity contribution in [2.75, 3.05) is 26.8 Å². The molecule has 1 radical (unpaired) electrons. The highest BCUT2D eigenvalue weighted by Gasteiger charge is 2.49. The number of hydrogen-bond acceptors (Lipinski definition) is 9. The van der Waals surface area contributed by atoms with Crippen LogP contribution in [0.3, 0.4) is 0 Å². The summed E-state index contributed by atoms with van der Waals surface area (Å²) in [6, 6.07) is 17.2. The maximum Gasteiger partial charge on any atom is 0.418 e. The molecule has 3 N–H and O–H groups in total. The van der Waals surface area contributed by atoms with Gasteiger partial charge in [-0.15, -0.1) is 0 Å². The third kappa shape index (κ3) is 12.6. The first kappa shape index (κ1) is 41.4. The zero-order valence-corrected chi connectivity index (χ0v) is 33.3. The Balaban J connectivity index is 1.46. The molecule has 2 saturated carbocycles. The van der Waals surface area contributed by atoms with Gasteiger partial charge in [0.25, 0.3) is 0 Å². The van der Waals surface area contributed by atoms with Crippen LogP contribution in [0.25, 0.3) is 0 Å². The molecule has 2 aromatic carbocycles. The highest BCUT2D eigenvalue weighted by molar-refractivity contribution is 7.99. The third-order valence-corrected chi connectivity index (χ3v) is 16.2. The van der Waals surface area contributed by atoms with Crippen molar-refractivity contribution >= 4 is 58.0 Å². The predicted molar refractivity (Wildman–Crippen MR) is 203 cm³/mol. The number of benzene rings is 2. The van der Waals surface area contributed by atoms with Gasteiger partial charge in [0.2, 0.25) is 20.8 Å². The fourth-order valence-electron chi connectivity index (χ4n) is 6.31. The largest absolute Gasteiger partial charge is 0.437 e. The van der Waals surface area contributed by atoms with E-state index in [1.165, 1.54) is 0 Å². The van der Waals surface area contributed by atoms with E-state index < -0.39 is 44.9 Å². The molecule has 0 saturated heterocycles. The van der Waals surface area contributed by atoms with Gasteiger partial charge >= 0.3 is 13.7 Å². The first-order chi connectivity index (χ1) is 24.5. The quantitative estimate of drug-likeness (QED) is 0.0713. The zero-order valence-electron chi connectivity index (χ0n) is 29.8. The Kier molecular flexibility index (Phi) is 16.4. The number of hydrogen-bond donors (Lipinski definition) is 3. The van der Waals surface area contributed by atoms with E-state index in [1.807, 2.05) is 42.5 Å². The van der Waals surface area contributed by atoms with Gasteiger partial charge in [0.1, 0.15) is 10.9 Å². The molecule has 11 nitrogen and oxygen atoms in total. The molecule has 0 aliphatic heterocycles. The van der Waals surface area contributed by atoms with Crippen molar-refractivity contribution in [1.29, 1.82) is 0 Å². The van der Waals surface area contributed by atoms with E-state index in [-0.39, 0.29) is 37.5 Å². The lowest BCUT2D eigenvalue weighted by atomic mass is 9.86. The lowest BCUT2D eigenvalue weighted by Crippen LogP contribution is -2.52. The summed E-state index contributed by atoms with van der Waals surface area (Å²) in [5, 5.41) is 11.3. The molecule has 1 unspecified atom stereocenters. The van der Waals surface area contributed by atoms with Gasteiger partial charge in [0.05, 0.1) is 13.2 Å². The molecule has 4 rings (SSSR count). The second-order valence-corrected chi connectivity index (χ2v) is 19.5. The summed E-state index contributed by atoms with van der Waals surface area (Å²) in [5.41, 5.74) is -0.451. The van der Waals surface area contributed by atoms with Crippen LogP contribution in [0.15, 0.2) is 54.6 Å². The number of carbonyl (C=O) groups excluding carboxylic acids is 3. The van der Waals surface area contributed by atoms with E-state index in [9.17, 15) is 24.1 Å². The number of nitrogens with one attached hydrogen (secondary N) is 2. The van der Waals surface area contributed by atoms with Gasteiger partial charge in [-0.2, -0.15) is 0 Å². The Hall–Kier alpha value is -2.38. The molecule has 2 aromatic rings. The molecular formula is C36H52ClN3O8PSSi. The van der Waals surface area contributed by atoms with Crippen molar-refractivity contribution in [2.45, 2.75) is 100 Å². The van der Waals surface area contributed by atoms with Gasteiger partial charge in [-0.1, -0.05) is 86.2 Å². The van der Waals surface area contributed by atoms with Gasteiger partial charge in [-0.05, 0) is 86.7 Å². The zero-order chi connectivity index (χ0) is 36.9. The number of ether oxygens (including phenoxy) is 1. The topological polar surface area (TPSA) is 144 Å². The molecule has 3 amide bonds. The third-order valence-electron chi connectivity index (χ3n) is 9.32. The smallest absolute Gasteiger partial charge is 0.418 e. The van der Waals surface area contributed by atoms with E-state index >= 15 is 0 Å². The Bertz CT molecular complexity index is 1470. The lowest BCUT2D eigenvalue weighted by Gasteiger charge is -2.30.